The van der Waals surface area contributed by atoms with Gasteiger partial charge in [-0.25, -0.2) is 4.79 Å². The molecule has 0 saturated heterocycles. The van der Waals surface area contributed by atoms with E-state index in [1.54, 1.807) is 43.3 Å². The number of anilines is 1. The molecule has 29 heavy (non-hydrogen) atoms. The van der Waals surface area contributed by atoms with E-state index in [1.165, 1.54) is 6.92 Å². The minimum atomic E-state index is -0.710. The Morgan fingerprint density at radius 1 is 1.00 bits per heavy atom. The number of hydrogen-bond acceptors (Lipinski definition) is 4. The van der Waals surface area contributed by atoms with E-state index in [0.29, 0.717) is 23.5 Å². The summed E-state index contributed by atoms with van der Waals surface area (Å²) in [6.07, 6.45) is -0.710. The summed E-state index contributed by atoms with van der Waals surface area (Å²) in [4.78, 5) is 35.4. The number of amides is 3. The Balaban J connectivity index is 1.84. The second kappa shape index (κ2) is 10.3. The van der Waals surface area contributed by atoms with Gasteiger partial charge in [-0.2, -0.15) is 0 Å². The topological polar surface area (TPSA) is 96.5 Å². The van der Waals surface area contributed by atoms with Crippen molar-refractivity contribution in [2.75, 3.05) is 5.32 Å². The molecule has 154 valence electrons. The molecule has 1 atom stereocenters. The van der Waals surface area contributed by atoms with Crippen LogP contribution in [0.4, 0.5) is 10.5 Å². The fraction of sp³-hybridized carbons (Fsp3) is 0.318. The maximum Gasteiger partial charge on any atom is 0.319 e. The van der Waals surface area contributed by atoms with E-state index in [1.807, 2.05) is 26.0 Å². The zero-order chi connectivity index (χ0) is 21.4. The molecule has 2 aromatic rings. The lowest BCUT2D eigenvalue weighted by Gasteiger charge is -2.15. The Morgan fingerprint density at radius 3 is 2.31 bits per heavy atom. The molecule has 1 unspecified atom stereocenters. The minimum Gasteiger partial charge on any atom is -0.481 e. The van der Waals surface area contributed by atoms with Crippen molar-refractivity contribution >= 4 is 23.4 Å². The fourth-order valence-corrected chi connectivity index (χ4v) is 2.51. The minimum absolute atomic E-state index is 0.0543. The molecule has 0 radical (unpaired) electrons. The van der Waals surface area contributed by atoms with Crippen LogP contribution in [0.3, 0.4) is 0 Å². The van der Waals surface area contributed by atoms with Gasteiger partial charge in [-0.1, -0.05) is 24.3 Å². The van der Waals surface area contributed by atoms with E-state index in [9.17, 15) is 14.4 Å². The normalized spacial score (nSPS) is 11.5. The lowest BCUT2D eigenvalue weighted by Crippen LogP contribution is -2.36. The third-order valence-corrected chi connectivity index (χ3v) is 4.02. The highest BCUT2D eigenvalue weighted by molar-refractivity contribution is 5.94. The van der Waals surface area contributed by atoms with Gasteiger partial charge in [0, 0.05) is 23.8 Å². The van der Waals surface area contributed by atoms with E-state index in [4.69, 9.17) is 4.74 Å². The number of hydrogen-bond donors (Lipinski definition) is 3. The summed E-state index contributed by atoms with van der Waals surface area (Å²) < 4.78 is 5.63. The Morgan fingerprint density at radius 2 is 1.69 bits per heavy atom. The summed E-state index contributed by atoms with van der Waals surface area (Å²) >= 11 is 0. The van der Waals surface area contributed by atoms with Gasteiger partial charge in [0.2, 0.25) is 0 Å². The highest BCUT2D eigenvalue weighted by atomic mass is 16.5. The predicted molar refractivity (Wildman–Crippen MR) is 112 cm³/mol. The molecule has 2 rings (SSSR count). The van der Waals surface area contributed by atoms with Crippen molar-refractivity contribution in [2.45, 2.75) is 46.4 Å². The quantitative estimate of drug-likeness (QED) is 0.594. The number of carbonyl (C=O) groups excluding carboxylic acids is 3. The van der Waals surface area contributed by atoms with Crippen LogP contribution in [0.25, 0.3) is 0 Å². The Labute approximate surface area is 170 Å². The molecule has 0 aromatic heterocycles. The predicted octanol–water partition coefficient (Wildman–Crippen LogP) is 3.50. The van der Waals surface area contributed by atoms with Crippen molar-refractivity contribution < 1.29 is 19.1 Å². The maximum absolute atomic E-state index is 12.3. The van der Waals surface area contributed by atoms with Crippen molar-refractivity contribution in [3.63, 3.8) is 0 Å². The number of ketones is 1. The lowest BCUT2D eigenvalue weighted by atomic mass is 10.1. The first kappa shape index (κ1) is 21.9. The van der Waals surface area contributed by atoms with Crippen molar-refractivity contribution in [2.24, 2.45) is 0 Å². The van der Waals surface area contributed by atoms with Crippen LogP contribution in [0, 0.1) is 0 Å². The van der Waals surface area contributed by atoms with Gasteiger partial charge in [-0.05, 0) is 57.5 Å². The molecule has 0 aliphatic carbocycles. The zero-order valence-corrected chi connectivity index (χ0v) is 17.1. The standard InChI is InChI=1S/C22H27N3O4/c1-14(2)24-22(28)25-19-10-8-17(9-11-19)13-23-21(27)16(4)29-20-7-5-6-18(12-20)15(3)26/h5-12,14,16H,13H2,1-4H3,(H,23,27)(H2,24,25,28). The number of Topliss-reactive ketones (excluding diaryl/α,β-unsaturated/α-hetero) is 1. The van der Waals surface area contributed by atoms with E-state index in [-0.39, 0.29) is 23.8 Å². The van der Waals surface area contributed by atoms with E-state index in [0.717, 1.165) is 5.56 Å². The molecule has 0 saturated carbocycles. The van der Waals surface area contributed by atoms with Crippen molar-refractivity contribution in [1.29, 1.82) is 0 Å². The molecule has 0 aliphatic rings. The molecule has 7 heteroatoms. The third-order valence-electron chi connectivity index (χ3n) is 4.02. The van der Waals surface area contributed by atoms with Gasteiger partial charge < -0.3 is 20.7 Å². The highest BCUT2D eigenvalue weighted by Crippen LogP contribution is 2.15. The van der Waals surface area contributed by atoms with Crippen LogP contribution < -0.4 is 20.7 Å². The summed E-state index contributed by atoms with van der Waals surface area (Å²) in [7, 11) is 0. The average molecular weight is 397 g/mol. The molecule has 0 fully saturated rings. The molecule has 2 aromatic carbocycles. The second-order valence-corrected chi connectivity index (χ2v) is 7.01. The molecular weight excluding hydrogens is 370 g/mol. The molecule has 3 amide bonds. The van der Waals surface area contributed by atoms with Crippen molar-refractivity contribution in [3.8, 4) is 5.75 Å². The highest BCUT2D eigenvalue weighted by Gasteiger charge is 2.15. The third kappa shape index (κ3) is 7.29. The first-order valence-corrected chi connectivity index (χ1v) is 9.46. The number of urea groups is 1. The monoisotopic (exact) mass is 397 g/mol. The number of nitrogens with one attached hydrogen (secondary N) is 3. The largest absolute Gasteiger partial charge is 0.481 e. The summed E-state index contributed by atoms with van der Waals surface area (Å²) in [5.74, 6) is 0.138. The van der Waals surface area contributed by atoms with Crippen LogP contribution in [-0.4, -0.2) is 29.9 Å². The Kier molecular flexibility index (Phi) is 7.77. The number of carbonyl (C=O) groups is 3. The summed E-state index contributed by atoms with van der Waals surface area (Å²) in [6.45, 7) is 7.23. The second-order valence-electron chi connectivity index (χ2n) is 7.01. The lowest BCUT2D eigenvalue weighted by molar-refractivity contribution is -0.127. The maximum atomic E-state index is 12.3. The van der Waals surface area contributed by atoms with Crippen LogP contribution in [0.1, 0.15) is 43.6 Å². The number of ether oxygens (including phenoxy) is 1. The smallest absolute Gasteiger partial charge is 0.319 e. The van der Waals surface area contributed by atoms with Gasteiger partial charge in [0.05, 0.1) is 0 Å². The molecule has 0 spiro atoms. The molecular formula is C22H27N3O4. The van der Waals surface area contributed by atoms with Crippen LogP contribution in [0.2, 0.25) is 0 Å². The SMILES string of the molecule is CC(=O)c1cccc(OC(C)C(=O)NCc2ccc(NC(=O)NC(C)C)cc2)c1. The Hall–Kier alpha value is -3.35. The summed E-state index contributed by atoms with van der Waals surface area (Å²) in [5, 5.41) is 8.30. The van der Waals surface area contributed by atoms with Crippen molar-refractivity contribution in [3.05, 3.63) is 59.7 Å². The van der Waals surface area contributed by atoms with Gasteiger partial charge in [0.15, 0.2) is 11.9 Å². The molecule has 0 aliphatic heterocycles. The number of rotatable bonds is 8. The van der Waals surface area contributed by atoms with E-state index < -0.39 is 6.10 Å². The van der Waals surface area contributed by atoms with Gasteiger partial charge in [-0.3, -0.25) is 9.59 Å². The zero-order valence-electron chi connectivity index (χ0n) is 17.1. The van der Waals surface area contributed by atoms with Crippen LogP contribution in [0.15, 0.2) is 48.5 Å². The molecule has 0 bridgehead atoms. The first-order chi connectivity index (χ1) is 13.7. The summed E-state index contributed by atoms with van der Waals surface area (Å²) in [5.41, 5.74) is 2.09. The summed E-state index contributed by atoms with van der Waals surface area (Å²) in [6, 6.07) is 13.7. The molecule has 0 heterocycles. The van der Waals surface area contributed by atoms with Crippen molar-refractivity contribution in [1.82, 2.24) is 10.6 Å². The molecule has 7 nitrogen and oxygen atoms in total. The van der Waals surface area contributed by atoms with Crippen LogP contribution in [-0.2, 0) is 11.3 Å². The van der Waals surface area contributed by atoms with Crippen LogP contribution in [0.5, 0.6) is 5.75 Å². The fourth-order valence-electron chi connectivity index (χ4n) is 2.51. The van der Waals surface area contributed by atoms with E-state index >= 15 is 0 Å². The molecule has 3 N–H and O–H groups in total. The Bertz CT molecular complexity index is 863. The average Bonchev–Trinajstić information content (AvgIpc) is 2.66. The van der Waals surface area contributed by atoms with Gasteiger partial charge in [0.25, 0.3) is 5.91 Å². The van der Waals surface area contributed by atoms with Gasteiger partial charge in [-0.15, -0.1) is 0 Å². The van der Waals surface area contributed by atoms with Crippen LogP contribution >= 0.6 is 0 Å². The van der Waals surface area contributed by atoms with Gasteiger partial charge >= 0.3 is 6.03 Å². The number of benzene rings is 2. The first-order valence-electron chi connectivity index (χ1n) is 9.46. The van der Waals surface area contributed by atoms with Gasteiger partial charge in [0.1, 0.15) is 5.75 Å². The van der Waals surface area contributed by atoms with E-state index in [2.05, 4.69) is 16.0 Å².